The van der Waals surface area contributed by atoms with E-state index in [0.29, 0.717) is 25.5 Å². The first kappa shape index (κ1) is 14.5. The van der Waals surface area contributed by atoms with Gasteiger partial charge < -0.3 is 5.32 Å². The van der Waals surface area contributed by atoms with Crippen LogP contribution in [0, 0.1) is 18.2 Å². The first-order valence-electron chi connectivity index (χ1n) is 5.45. The Morgan fingerprint density at radius 1 is 1.28 bits per heavy atom. The molecule has 98 valence electrons. The first-order chi connectivity index (χ1) is 8.45. The van der Waals surface area contributed by atoms with Gasteiger partial charge in [-0.1, -0.05) is 6.07 Å². The maximum atomic E-state index is 12.8. The lowest BCUT2D eigenvalue weighted by atomic mass is 10.1. The van der Waals surface area contributed by atoms with Crippen molar-refractivity contribution in [1.29, 1.82) is 0 Å². The Kier molecular flexibility index (Phi) is 5.17. The van der Waals surface area contributed by atoms with Crippen molar-refractivity contribution in [3.05, 3.63) is 35.1 Å². The highest BCUT2D eigenvalue weighted by atomic mass is 19.4. The molecule has 0 radical (unpaired) electrons. The molecule has 5 heteroatoms. The molecule has 1 N–H and O–H groups in total. The second kappa shape index (κ2) is 6.41. The number of nitrogens with one attached hydrogen (secondary N) is 1. The molecule has 1 aromatic rings. The second-order valence-electron chi connectivity index (χ2n) is 3.78. The molecule has 0 atom stereocenters. The zero-order valence-electron chi connectivity index (χ0n) is 9.65. The molecule has 0 unspecified atom stereocenters. The Morgan fingerprint density at radius 2 is 2.00 bits per heavy atom. The highest BCUT2D eigenvalue weighted by Gasteiger charge is 2.33. The van der Waals surface area contributed by atoms with Crippen LogP contribution in [0.25, 0.3) is 0 Å². The van der Waals surface area contributed by atoms with Crippen LogP contribution in [0.4, 0.5) is 17.6 Å². The van der Waals surface area contributed by atoms with Crippen LogP contribution in [-0.2, 0) is 12.7 Å². The fraction of sp³-hybridized carbons (Fsp3) is 0.385. The zero-order valence-corrected chi connectivity index (χ0v) is 9.65. The van der Waals surface area contributed by atoms with Gasteiger partial charge in [0.1, 0.15) is 5.82 Å². The van der Waals surface area contributed by atoms with Gasteiger partial charge in [-0.3, -0.25) is 0 Å². The van der Waals surface area contributed by atoms with Crippen LogP contribution >= 0.6 is 0 Å². The number of alkyl halides is 3. The molecule has 18 heavy (non-hydrogen) atoms. The van der Waals surface area contributed by atoms with Crippen LogP contribution in [0.1, 0.15) is 24.0 Å². The van der Waals surface area contributed by atoms with Crippen LogP contribution in [0.3, 0.4) is 0 Å². The van der Waals surface area contributed by atoms with Gasteiger partial charge in [-0.2, -0.15) is 13.2 Å². The van der Waals surface area contributed by atoms with Gasteiger partial charge in [-0.15, -0.1) is 12.3 Å². The SMILES string of the molecule is C#CCCCNCc1ccc(F)cc1C(F)(F)F. The van der Waals surface area contributed by atoms with Gasteiger partial charge in [0.25, 0.3) is 0 Å². The lowest BCUT2D eigenvalue weighted by Gasteiger charge is -2.13. The van der Waals surface area contributed by atoms with E-state index in [2.05, 4.69) is 11.2 Å². The Balaban J connectivity index is 2.68. The van der Waals surface area contributed by atoms with Crippen molar-refractivity contribution in [2.45, 2.75) is 25.6 Å². The number of terminal acetylenes is 1. The van der Waals surface area contributed by atoms with Crippen molar-refractivity contribution in [1.82, 2.24) is 5.32 Å². The third kappa shape index (κ3) is 4.38. The van der Waals surface area contributed by atoms with E-state index in [4.69, 9.17) is 6.42 Å². The predicted molar refractivity (Wildman–Crippen MR) is 61.2 cm³/mol. The Labute approximate surface area is 103 Å². The van der Waals surface area contributed by atoms with Crippen LogP contribution in [0.2, 0.25) is 0 Å². The molecule has 0 saturated heterocycles. The van der Waals surface area contributed by atoms with Crippen molar-refractivity contribution >= 4 is 0 Å². The molecule has 0 aromatic heterocycles. The Hall–Kier alpha value is -1.54. The van der Waals surface area contributed by atoms with E-state index in [1.807, 2.05) is 0 Å². The normalized spacial score (nSPS) is 11.3. The van der Waals surface area contributed by atoms with Gasteiger partial charge >= 0.3 is 6.18 Å². The zero-order chi connectivity index (χ0) is 13.6. The van der Waals surface area contributed by atoms with Gasteiger partial charge in [-0.05, 0) is 30.7 Å². The number of unbranched alkanes of at least 4 members (excludes halogenated alkanes) is 1. The van der Waals surface area contributed by atoms with E-state index >= 15 is 0 Å². The molecule has 0 aliphatic rings. The minimum Gasteiger partial charge on any atom is -0.313 e. The molecule has 0 aliphatic carbocycles. The molecular formula is C13H13F4N. The summed E-state index contributed by atoms with van der Waals surface area (Å²) in [5, 5.41) is 2.85. The van der Waals surface area contributed by atoms with Crippen molar-refractivity contribution < 1.29 is 17.6 Å². The Bertz CT molecular complexity index is 432. The average molecular weight is 259 g/mol. The summed E-state index contributed by atoms with van der Waals surface area (Å²) in [6, 6.07) is 2.68. The van der Waals surface area contributed by atoms with Gasteiger partial charge in [-0.25, -0.2) is 4.39 Å². The largest absolute Gasteiger partial charge is 0.416 e. The van der Waals surface area contributed by atoms with Crippen LogP contribution in [0.5, 0.6) is 0 Å². The topological polar surface area (TPSA) is 12.0 Å². The van der Waals surface area contributed by atoms with E-state index in [9.17, 15) is 17.6 Å². The molecule has 0 heterocycles. The summed E-state index contributed by atoms with van der Waals surface area (Å²) in [4.78, 5) is 0. The lowest BCUT2D eigenvalue weighted by Crippen LogP contribution is -2.18. The summed E-state index contributed by atoms with van der Waals surface area (Å²) in [7, 11) is 0. The highest BCUT2D eigenvalue weighted by Crippen LogP contribution is 2.32. The first-order valence-corrected chi connectivity index (χ1v) is 5.45. The average Bonchev–Trinajstić information content (AvgIpc) is 2.29. The molecule has 0 amide bonds. The minimum absolute atomic E-state index is 0.0320. The summed E-state index contributed by atoms with van der Waals surface area (Å²) >= 11 is 0. The molecule has 1 aromatic carbocycles. The molecule has 0 saturated carbocycles. The predicted octanol–water partition coefficient (Wildman–Crippen LogP) is 3.35. The molecule has 1 rings (SSSR count). The number of rotatable bonds is 5. The summed E-state index contributed by atoms with van der Waals surface area (Å²) in [5.74, 6) is 1.55. The molecule has 0 fully saturated rings. The maximum Gasteiger partial charge on any atom is 0.416 e. The van der Waals surface area contributed by atoms with Gasteiger partial charge in [0.15, 0.2) is 0 Å². The third-order valence-electron chi connectivity index (χ3n) is 2.37. The van der Waals surface area contributed by atoms with Crippen LogP contribution < -0.4 is 5.32 Å². The second-order valence-corrected chi connectivity index (χ2v) is 3.78. The van der Waals surface area contributed by atoms with Gasteiger partial charge in [0, 0.05) is 13.0 Å². The van der Waals surface area contributed by atoms with E-state index < -0.39 is 17.6 Å². The van der Waals surface area contributed by atoms with Crippen molar-refractivity contribution in [3.63, 3.8) is 0 Å². The van der Waals surface area contributed by atoms with E-state index in [0.717, 1.165) is 12.1 Å². The molecular weight excluding hydrogens is 246 g/mol. The smallest absolute Gasteiger partial charge is 0.313 e. The third-order valence-corrected chi connectivity index (χ3v) is 2.37. The van der Waals surface area contributed by atoms with Crippen molar-refractivity contribution in [3.8, 4) is 12.3 Å². The number of benzene rings is 1. The van der Waals surface area contributed by atoms with E-state index in [1.165, 1.54) is 0 Å². The minimum atomic E-state index is -4.54. The van der Waals surface area contributed by atoms with Crippen molar-refractivity contribution in [2.75, 3.05) is 6.54 Å². The lowest BCUT2D eigenvalue weighted by molar-refractivity contribution is -0.138. The van der Waals surface area contributed by atoms with Crippen LogP contribution in [0.15, 0.2) is 18.2 Å². The summed E-state index contributed by atoms with van der Waals surface area (Å²) in [6.45, 7) is 0.568. The fourth-order valence-electron chi connectivity index (χ4n) is 1.51. The van der Waals surface area contributed by atoms with E-state index in [-0.39, 0.29) is 12.1 Å². The molecule has 0 spiro atoms. The fourth-order valence-corrected chi connectivity index (χ4v) is 1.51. The Morgan fingerprint density at radius 3 is 2.61 bits per heavy atom. The highest BCUT2D eigenvalue weighted by molar-refractivity contribution is 5.30. The number of hydrogen-bond donors (Lipinski definition) is 1. The molecule has 1 nitrogen and oxygen atoms in total. The number of hydrogen-bond acceptors (Lipinski definition) is 1. The number of halogens is 4. The standard InChI is InChI=1S/C13H13F4N/c1-2-3-4-7-18-9-10-5-6-11(14)8-12(10)13(15,16)17/h1,5-6,8,18H,3-4,7,9H2. The summed E-state index contributed by atoms with van der Waals surface area (Å²) in [6.07, 6.45) is 1.77. The molecule has 0 bridgehead atoms. The molecule has 0 aliphatic heterocycles. The van der Waals surface area contributed by atoms with Gasteiger partial charge in [0.05, 0.1) is 5.56 Å². The summed E-state index contributed by atoms with van der Waals surface area (Å²) < 4.78 is 50.7. The van der Waals surface area contributed by atoms with Crippen LogP contribution in [-0.4, -0.2) is 6.54 Å². The monoisotopic (exact) mass is 259 g/mol. The quantitative estimate of drug-likeness (QED) is 0.486. The maximum absolute atomic E-state index is 12.8. The van der Waals surface area contributed by atoms with E-state index in [1.54, 1.807) is 0 Å². The van der Waals surface area contributed by atoms with Gasteiger partial charge in [0.2, 0.25) is 0 Å². The van der Waals surface area contributed by atoms with Crippen molar-refractivity contribution in [2.24, 2.45) is 0 Å². The summed E-state index contributed by atoms with van der Waals surface area (Å²) in [5.41, 5.74) is -0.906.